The molecule has 3 nitrogen and oxygen atoms in total. The van der Waals surface area contributed by atoms with Crippen LogP contribution < -0.4 is 5.73 Å². The predicted octanol–water partition coefficient (Wildman–Crippen LogP) is 2.27. The number of benzene rings is 1. The van der Waals surface area contributed by atoms with Gasteiger partial charge in [0.05, 0.1) is 6.20 Å². The lowest BCUT2D eigenvalue weighted by atomic mass is 10.0. The van der Waals surface area contributed by atoms with E-state index < -0.39 is 0 Å². The summed E-state index contributed by atoms with van der Waals surface area (Å²) < 4.78 is 2.05. The van der Waals surface area contributed by atoms with Gasteiger partial charge in [-0.3, -0.25) is 4.68 Å². The van der Waals surface area contributed by atoms with E-state index in [2.05, 4.69) is 40.2 Å². The fraction of sp³-hybridized carbons (Fsp3) is 0.357. The standard InChI is InChI=1S/C14H17N3S/c15-6-5-11-7-16-17(8-11)9-12-10-18-14-4-2-1-3-13(12)14/h1-4,7-8,12H,5-6,9-10,15H2. The van der Waals surface area contributed by atoms with Crippen LogP contribution in [0.1, 0.15) is 17.0 Å². The van der Waals surface area contributed by atoms with Gasteiger partial charge in [-0.25, -0.2) is 0 Å². The quantitative estimate of drug-likeness (QED) is 0.916. The lowest BCUT2D eigenvalue weighted by Crippen LogP contribution is -2.09. The second kappa shape index (κ2) is 5.16. The fourth-order valence-electron chi connectivity index (χ4n) is 2.41. The summed E-state index contributed by atoms with van der Waals surface area (Å²) in [6.45, 7) is 1.66. The molecule has 1 unspecified atom stereocenters. The highest BCUT2D eigenvalue weighted by Crippen LogP contribution is 2.39. The first-order valence-electron chi connectivity index (χ1n) is 6.30. The molecule has 0 aliphatic carbocycles. The minimum absolute atomic E-state index is 0.580. The number of rotatable bonds is 4. The predicted molar refractivity (Wildman–Crippen MR) is 74.9 cm³/mol. The van der Waals surface area contributed by atoms with Crippen molar-refractivity contribution in [3.63, 3.8) is 0 Å². The number of thioether (sulfide) groups is 1. The highest BCUT2D eigenvalue weighted by atomic mass is 32.2. The minimum Gasteiger partial charge on any atom is -0.330 e. The van der Waals surface area contributed by atoms with Gasteiger partial charge in [0.1, 0.15) is 0 Å². The molecule has 0 saturated carbocycles. The maximum absolute atomic E-state index is 5.56. The molecule has 94 valence electrons. The molecular weight excluding hydrogens is 242 g/mol. The monoisotopic (exact) mass is 259 g/mol. The van der Waals surface area contributed by atoms with Gasteiger partial charge in [-0.15, -0.1) is 11.8 Å². The van der Waals surface area contributed by atoms with E-state index >= 15 is 0 Å². The molecule has 3 rings (SSSR count). The molecule has 2 aromatic rings. The van der Waals surface area contributed by atoms with Gasteiger partial charge in [0.2, 0.25) is 0 Å². The molecule has 1 aromatic carbocycles. The van der Waals surface area contributed by atoms with E-state index in [1.54, 1.807) is 0 Å². The molecule has 0 radical (unpaired) electrons. The average Bonchev–Trinajstić information content (AvgIpc) is 2.99. The van der Waals surface area contributed by atoms with Gasteiger partial charge in [0, 0.05) is 29.3 Å². The van der Waals surface area contributed by atoms with Crippen molar-refractivity contribution < 1.29 is 0 Å². The van der Waals surface area contributed by atoms with Crippen LogP contribution in [-0.2, 0) is 13.0 Å². The summed E-state index contributed by atoms with van der Waals surface area (Å²) in [6.07, 6.45) is 4.97. The Kier molecular flexibility index (Phi) is 3.39. The second-order valence-corrected chi connectivity index (χ2v) is 5.72. The number of hydrogen-bond donors (Lipinski definition) is 1. The molecule has 2 N–H and O–H groups in total. The van der Waals surface area contributed by atoms with E-state index in [0.29, 0.717) is 12.5 Å². The topological polar surface area (TPSA) is 43.8 Å². The lowest BCUT2D eigenvalue weighted by Gasteiger charge is -2.10. The molecule has 0 saturated heterocycles. The van der Waals surface area contributed by atoms with Crippen LogP contribution >= 0.6 is 11.8 Å². The zero-order valence-electron chi connectivity index (χ0n) is 10.2. The Labute approximate surface area is 111 Å². The summed E-state index contributed by atoms with van der Waals surface area (Å²) in [6, 6.07) is 8.69. The molecule has 1 aliphatic rings. The first-order chi connectivity index (χ1) is 8.86. The Bertz CT molecular complexity index is 535. The summed E-state index contributed by atoms with van der Waals surface area (Å²) in [7, 11) is 0. The molecule has 4 heteroatoms. The van der Waals surface area contributed by atoms with Crippen LogP contribution in [0, 0.1) is 0 Å². The van der Waals surface area contributed by atoms with Gasteiger partial charge in [0.15, 0.2) is 0 Å². The van der Waals surface area contributed by atoms with Crippen LogP contribution in [-0.4, -0.2) is 22.1 Å². The molecule has 0 spiro atoms. The van der Waals surface area contributed by atoms with Crippen LogP contribution in [0.25, 0.3) is 0 Å². The molecule has 0 amide bonds. The maximum atomic E-state index is 5.56. The van der Waals surface area contributed by atoms with Gasteiger partial charge in [-0.1, -0.05) is 18.2 Å². The van der Waals surface area contributed by atoms with E-state index in [9.17, 15) is 0 Å². The normalized spacial score (nSPS) is 17.9. The van der Waals surface area contributed by atoms with Crippen LogP contribution in [0.15, 0.2) is 41.6 Å². The maximum Gasteiger partial charge on any atom is 0.0522 e. The SMILES string of the molecule is NCCc1cnn(CC2CSc3ccccc32)c1. The van der Waals surface area contributed by atoms with Crippen molar-refractivity contribution in [1.82, 2.24) is 9.78 Å². The Balaban J connectivity index is 1.73. The number of nitrogens with two attached hydrogens (primary N) is 1. The summed E-state index contributed by atoms with van der Waals surface area (Å²) >= 11 is 1.95. The van der Waals surface area contributed by atoms with Gasteiger partial charge >= 0.3 is 0 Å². The van der Waals surface area contributed by atoms with Crippen LogP contribution in [0.2, 0.25) is 0 Å². The van der Waals surface area contributed by atoms with Crippen molar-refractivity contribution in [1.29, 1.82) is 0 Å². The zero-order valence-corrected chi connectivity index (χ0v) is 11.1. The Morgan fingerprint density at radius 2 is 2.28 bits per heavy atom. The van der Waals surface area contributed by atoms with Gasteiger partial charge in [0.25, 0.3) is 0 Å². The van der Waals surface area contributed by atoms with Crippen molar-refractivity contribution >= 4 is 11.8 Å². The van der Waals surface area contributed by atoms with Crippen molar-refractivity contribution in [2.45, 2.75) is 23.8 Å². The molecule has 0 bridgehead atoms. The third-order valence-electron chi connectivity index (χ3n) is 3.33. The van der Waals surface area contributed by atoms with E-state index in [1.165, 1.54) is 16.0 Å². The first-order valence-corrected chi connectivity index (χ1v) is 7.28. The number of hydrogen-bond acceptors (Lipinski definition) is 3. The van der Waals surface area contributed by atoms with Crippen molar-refractivity contribution in [3.8, 4) is 0 Å². The van der Waals surface area contributed by atoms with Gasteiger partial charge < -0.3 is 5.73 Å². The molecule has 1 aliphatic heterocycles. The zero-order chi connectivity index (χ0) is 12.4. The molecule has 0 fully saturated rings. The summed E-state index contributed by atoms with van der Waals surface area (Å²) in [5.41, 5.74) is 8.26. The van der Waals surface area contributed by atoms with Crippen LogP contribution in [0.3, 0.4) is 0 Å². The third kappa shape index (κ3) is 2.31. The molecule has 2 heterocycles. The van der Waals surface area contributed by atoms with E-state index in [4.69, 9.17) is 5.73 Å². The van der Waals surface area contributed by atoms with Gasteiger partial charge in [-0.2, -0.15) is 5.10 Å². The highest BCUT2D eigenvalue weighted by molar-refractivity contribution is 7.99. The van der Waals surface area contributed by atoms with Gasteiger partial charge in [-0.05, 0) is 30.2 Å². The van der Waals surface area contributed by atoms with Crippen LogP contribution in [0.4, 0.5) is 0 Å². The summed E-state index contributed by atoms with van der Waals surface area (Å²) in [5.74, 6) is 1.74. The Morgan fingerprint density at radius 1 is 1.39 bits per heavy atom. The first kappa shape index (κ1) is 11.8. The molecule has 1 aromatic heterocycles. The summed E-state index contributed by atoms with van der Waals surface area (Å²) in [4.78, 5) is 1.43. The Morgan fingerprint density at radius 3 is 3.17 bits per heavy atom. The largest absolute Gasteiger partial charge is 0.330 e. The second-order valence-electron chi connectivity index (χ2n) is 4.66. The van der Waals surface area contributed by atoms with Crippen molar-refractivity contribution in [2.24, 2.45) is 5.73 Å². The van der Waals surface area contributed by atoms with Crippen LogP contribution in [0.5, 0.6) is 0 Å². The lowest BCUT2D eigenvalue weighted by molar-refractivity contribution is 0.549. The molecule has 1 atom stereocenters. The van der Waals surface area contributed by atoms with Crippen molar-refractivity contribution in [2.75, 3.05) is 12.3 Å². The minimum atomic E-state index is 0.580. The van der Waals surface area contributed by atoms with Crippen molar-refractivity contribution in [3.05, 3.63) is 47.8 Å². The number of aromatic nitrogens is 2. The number of fused-ring (bicyclic) bond motifs is 1. The number of nitrogens with zero attached hydrogens (tertiary/aromatic N) is 2. The van der Waals surface area contributed by atoms with E-state index in [0.717, 1.165) is 18.7 Å². The average molecular weight is 259 g/mol. The van der Waals surface area contributed by atoms with E-state index in [1.807, 2.05) is 18.0 Å². The van der Waals surface area contributed by atoms with E-state index in [-0.39, 0.29) is 0 Å². The Hall–Kier alpha value is -1.26. The fourth-order valence-corrected chi connectivity index (χ4v) is 3.65. The smallest absolute Gasteiger partial charge is 0.0522 e. The molecular formula is C14H17N3S. The highest BCUT2D eigenvalue weighted by Gasteiger charge is 2.23. The third-order valence-corrected chi connectivity index (χ3v) is 4.58. The summed E-state index contributed by atoms with van der Waals surface area (Å²) in [5, 5.41) is 4.42. The molecule has 18 heavy (non-hydrogen) atoms.